The number of alkyl halides is 3. The van der Waals surface area contributed by atoms with Crippen molar-refractivity contribution in [3.63, 3.8) is 0 Å². The van der Waals surface area contributed by atoms with Crippen molar-refractivity contribution in [1.82, 2.24) is 5.32 Å². The number of esters is 1. The second-order valence-corrected chi connectivity index (χ2v) is 4.32. The van der Waals surface area contributed by atoms with Crippen LogP contribution in [0.5, 0.6) is 0 Å². The van der Waals surface area contributed by atoms with E-state index >= 15 is 0 Å². The average molecular weight is 253 g/mol. The number of carbonyl (C=O) groups is 1. The normalized spacial score (nSPS) is 19.8. The van der Waals surface area contributed by atoms with Gasteiger partial charge in [-0.3, -0.25) is 10.1 Å². The minimum absolute atomic E-state index is 0.0378. The van der Waals surface area contributed by atoms with Crippen LogP contribution in [0.25, 0.3) is 0 Å². The minimum Gasteiger partial charge on any atom is -0.465 e. The first-order chi connectivity index (χ1) is 7.86. The van der Waals surface area contributed by atoms with Gasteiger partial charge in [0.05, 0.1) is 6.61 Å². The monoisotopic (exact) mass is 253 g/mol. The molecule has 6 heteroatoms. The predicted molar refractivity (Wildman–Crippen MR) is 56.5 cm³/mol. The van der Waals surface area contributed by atoms with E-state index in [1.807, 2.05) is 6.92 Å². The Labute approximate surface area is 98.7 Å². The van der Waals surface area contributed by atoms with Crippen molar-refractivity contribution < 1.29 is 22.7 Å². The first-order valence-corrected chi connectivity index (χ1v) is 5.87. The summed E-state index contributed by atoms with van der Waals surface area (Å²) in [7, 11) is 0. The molecule has 0 amide bonds. The number of hydrogen-bond donors (Lipinski definition) is 1. The van der Waals surface area contributed by atoms with Crippen molar-refractivity contribution in [3.8, 4) is 0 Å². The van der Waals surface area contributed by atoms with Crippen LogP contribution < -0.4 is 5.32 Å². The molecule has 0 saturated heterocycles. The van der Waals surface area contributed by atoms with Gasteiger partial charge in [0, 0.05) is 0 Å². The molecule has 1 saturated carbocycles. The van der Waals surface area contributed by atoms with Gasteiger partial charge in [-0.15, -0.1) is 0 Å². The maximum atomic E-state index is 12.7. The fraction of sp³-hybridized carbons (Fsp3) is 0.909. The first kappa shape index (κ1) is 14.3. The summed E-state index contributed by atoms with van der Waals surface area (Å²) in [5.74, 6) is -0.593. The highest BCUT2D eigenvalue weighted by molar-refractivity contribution is 5.76. The number of carbonyl (C=O) groups excluding carboxylic acids is 1. The molecule has 17 heavy (non-hydrogen) atoms. The molecule has 0 radical (unpaired) electrons. The van der Waals surface area contributed by atoms with Gasteiger partial charge < -0.3 is 4.74 Å². The lowest BCUT2D eigenvalue weighted by Crippen LogP contribution is -2.52. The Morgan fingerprint density at radius 1 is 1.41 bits per heavy atom. The molecule has 1 fully saturated rings. The zero-order valence-electron chi connectivity index (χ0n) is 10.1. The summed E-state index contributed by atoms with van der Waals surface area (Å²) < 4.78 is 43.0. The van der Waals surface area contributed by atoms with E-state index in [4.69, 9.17) is 4.74 Å². The predicted octanol–water partition coefficient (Wildman–Crippen LogP) is 2.40. The molecule has 0 bridgehead atoms. The maximum absolute atomic E-state index is 12.7. The van der Waals surface area contributed by atoms with Gasteiger partial charge in [-0.05, 0) is 26.2 Å². The average Bonchev–Trinajstić information content (AvgIpc) is 2.97. The van der Waals surface area contributed by atoms with Gasteiger partial charge in [-0.1, -0.05) is 13.3 Å². The SMILES string of the molecule is CCCC(NC1(C(F)(F)F)CC1)C(=O)OCC. The summed E-state index contributed by atoms with van der Waals surface area (Å²) >= 11 is 0. The van der Waals surface area contributed by atoms with Crippen LogP contribution in [0.15, 0.2) is 0 Å². The zero-order chi connectivity index (χ0) is 13.1. The number of hydrogen-bond acceptors (Lipinski definition) is 3. The summed E-state index contributed by atoms with van der Waals surface area (Å²) in [6, 6.07) is -0.857. The van der Waals surface area contributed by atoms with Crippen LogP contribution >= 0.6 is 0 Å². The van der Waals surface area contributed by atoms with Crippen LogP contribution in [0, 0.1) is 0 Å². The molecule has 1 aliphatic carbocycles. The molecular formula is C11H18F3NO2. The van der Waals surface area contributed by atoms with Gasteiger partial charge in [0.1, 0.15) is 11.6 Å². The fourth-order valence-corrected chi connectivity index (χ4v) is 1.75. The summed E-state index contributed by atoms with van der Waals surface area (Å²) in [6.45, 7) is 3.64. The molecule has 1 unspecified atom stereocenters. The third-order valence-corrected chi connectivity index (χ3v) is 2.89. The minimum atomic E-state index is -4.30. The van der Waals surface area contributed by atoms with E-state index in [1.54, 1.807) is 6.92 Å². The van der Waals surface area contributed by atoms with Crippen molar-refractivity contribution in [2.75, 3.05) is 6.61 Å². The third-order valence-electron chi connectivity index (χ3n) is 2.89. The Kier molecular flexibility index (Phi) is 4.41. The van der Waals surface area contributed by atoms with Crippen molar-refractivity contribution in [3.05, 3.63) is 0 Å². The summed E-state index contributed by atoms with van der Waals surface area (Å²) in [6.07, 6.45) is -3.24. The smallest absolute Gasteiger partial charge is 0.406 e. The Morgan fingerprint density at radius 2 is 2.00 bits per heavy atom. The molecule has 1 N–H and O–H groups in total. The molecule has 0 aromatic heterocycles. The molecule has 0 aliphatic heterocycles. The van der Waals surface area contributed by atoms with Crippen molar-refractivity contribution in [2.45, 2.75) is 57.3 Å². The lowest BCUT2D eigenvalue weighted by atomic mass is 10.1. The largest absolute Gasteiger partial charge is 0.465 e. The molecule has 100 valence electrons. The van der Waals surface area contributed by atoms with E-state index in [9.17, 15) is 18.0 Å². The number of halogens is 3. The molecule has 0 heterocycles. The van der Waals surface area contributed by atoms with Crippen LogP contribution in [0.1, 0.15) is 39.5 Å². The van der Waals surface area contributed by atoms with Gasteiger partial charge in [-0.2, -0.15) is 13.2 Å². The van der Waals surface area contributed by atoms with E-state index in [0.29, 0.717) is 12.8 Å². The molecule has 0 aromatic carbocycles. The Morgan fingerprint density at radius 3 is 2.35 bits per heavy atom. The lowest BCUT2D eigenvalue weighted by molar-refractivity contribution is -0.171. The Hall–Kier alpha value is -0.780. The lowest BCUT2D eigenvalue weighted by Gasteiger charge is -2.26. The standard InChI is InChI=1S/C11H18F3NO2/c1-3-5-8(9(16)17-4-2)15-10(6-7-10)11(12,13)14/h8,15H,3-7H2,1-2H3. The van der Waals surface area contributed by atoms with Crippen molar-refractivity contribution in [1.29, 1.82) is 0 Å². The van der Waals surface area contributed by atoms with Crippen molar-refractivity contribution >= 4 is 5.97 Å². The van der Waals surface area contributed by atoms with Crippen LogP contribution in [0.3, 0.4) is 0 Å². The topological polar surface area (TPSA) is 38.3 Å². The van der Waals surface area contributed by atoms with E-state index in [1.165, 1.54) is 0 Å². The van der Waals surface area contributed by atoms with Gasteiger partial charge in [-0.25, -0.2) is 0 Å². The Balaban J connectivity index is 2.64. The second kappa shape index (κ2) is 5.25. The first-order valence-electron chi connectivity index (χ1n) is 5.87. The second-order valence-electron chi connectivity index (χ2n) is 4.32. The van der Waals surface area contributed by atoms with Crippen LogP contribution in [0.4, 0.5) is 13.2 Å². The Bertz CT molecular complexity index is 274. The molecular weight excluding hydrogens is 235 g/mol. The van der Waals surface area contributed by atoms with Gasteiger partial charge >= 0.3 is 12.1 Å². The molecule has 1 aliphatic rings. The quantitative estimate of drug-likeness (QED) is 0.739. The number of nitrogens with one attached hydrogen (secondary N) is 1. The molecule has 0 aromatic rings. The van der Waals surface area contributed by atoms with Crippen LogP contribution in [0.2, 0.25) is 0 Å². The summed E-state index contributed by atoms with van der Waals surface area (Å²) in [5.41, 5.74) is -1.86. The molecule has 0 spiro atoms. The van der Waals surface area contributed by atoms with Gasteiger partial charge in [0.15, 0.2) is 0 Å². The molecule has 3 nitrogen and oxygen atoms in total. The van der Waals surface area contributed by atoms with E-state index < -0.39 is 23.7 Å². The van der Waals surface area contributed by atoms with Gasteiger partial charge in [0.2, 0.25) is 0 Å². The van der Waals surface area contributed by atoms with E-state index in [-0.39, 0.29) is 19.4 Å². The fourth-order valence-electron chi connectivity index (χ4n) is 1.75. The highest BCUT2D eigenvalue weighted by Crippen LogP contribution is 2.49. The third kappa shape index (κ3) is 3.34. The summed E-state index contributed by atoms with van der Waals surface area (Å²) in [5, 5.41) is 2.43. The number of ether oxygens (including phenoxy) is 1. The van der Waals surface area contributed by atoms with Crippen LogP contribution in [-0.2, 0) is 9.53 Å². The van der Waals surface area contributed by atoms with Crippen molar-refractivity contribution in [2.24, 2.45) is 0 Å². The summed E-state index contributed by atoms with van der Waals surface area (Å²) in [4.78, 5) is 11.5. The zero-order valence-corrected chi connectivity index (χ0v) is 10.1. The highest BCUT2D eigenvalue weighted by atomic mass is 19.4. The molecule has 1 atom stereocenters. The maximum Gasteiger partial charge on any atom is 0.406 e. The molecule has 1 rings (SSSR count). The van der Waals surface area contributed by atoms with Gasteiger partial charge in [0.25, 0.3) is 0 Å². The van der Waals surface area contributed by atoms with E-state index in [0.717, 1.165) is 0 Å². The van der Waals surface area contributed by atoms with E-state index in [2.05, 4.69) is 5.32 Å². The number of rotatable bonds is 6. The highest BCUT2D eigenvalue weighted by Gasteiger charge is 2.64. The van der Waals surface area contributed by atoms with Crippen LogP contribution in [-0.4, -0.2) is 30.3 Å².